The molecule has 1 aromatic rings. The quantitative estimate of drug-likeness (QED) is 0.444. The number of aryl methyl sites for hydroxylation is 1. The molecule has 25 heavy (non-hydrogen) atoms. The second kappa shape index (κ2) is 9.04. The van der Waals surface area contributed by atoms with Gasteiger partial charge in [0.05, 0.1) is 31.7 Å². The molecule has 2 rings (SSSR count). The molecular formula is C19H28N2O4. The molecule has 0 bridgehead atoms. The summed E-state index contributed by atoms with van der Waals surface area (Å²) in [5.74, 6) is 6.87. The van der Waals surface area contributed by atoms with Gasteiger partial charge in [-0.1, -0.05) is 30.8 Å². The van der Waals surface area contributed by atoms with Crippen LogP contribution in [0.2, 0.25) is 0 Å². The van der Waals surface area contributed by atoms with Gasteiger partial charge in [0.2, 0.25) is 0 Å². The van der Waals surface area contributed by atoms with Gasteiger partial charge in [0.15, 0.2) is 6.61 Å². The average molecular weight is 348 g/mol. The molecule has 1 aliphatic rings. The van der Waals surface area contributed by atoms with Crippen molar-refractivity contribution in [2.75, 3.05) is 39.5 Å². The van der Waals surface area contributed by atoms with E-state index in [0.717, 1.165) is 35.4 Å². The van der Waals surface area contributed by atoms with Crippen LogP contribution in [0.3, 0.4) is 0 Å². The first kappa shape index (κ1) is 19.5. The Bertz CT molecular complexity index is 646. The first-order valence-electron chi connectivity index (χ1n) is 8.63. The maximum atomic E-state index is 8.95. The molecule has 138 valence electrons. The number of aliphatic hydroxyl groups is 2. The molecule has 0 aromatic carbocycles. The van der Waals surface area contributed by atoms with E-state index < -0.39 is 0 Å². The summed E-state index contributed by atoms with van der Waals surface area (Å²) in [7, 11) is 0. The van der Waals surface area contributed by atoms with E-state index in [9.17, 15) is 0 Å². The van der Waals surface area contributed by atoms with E-state index in [4.69, 9.17) is 19.5 Å². The lowest BCUT2D eigenvalue weighted by molar-refractivity contribution is 0.172. The number of aliphatic hydroxyl groups excluding tert-OH is 2. The van der Waals surface area contributed by atoms with Crippen molar-refractivity contribution >= 4 is 5.71 Å². The lowest BCUT2D eigenvalue weighted by atomic mass is 9.75. The van der Waals surface area contributed by atoms with Crippen LogP contribution in [0.15, 0.2) is 15.8 Å². The van der Waals surface area contributed by atoms with Gasteiger partial charge in [-0.15, -0.1) is 0 Å². The zero-order chi connectivity index (χ0) is 18.3. The highest BCUT2D eigenvalue weighted by atomic mass is 16.6. The standard InChI is InChI=1S/C19H28N2O4/c1-15-14-24-17-13-19(2,3)12-16(18(15)17)20-25-11-5-4-6-21(7-9-22)8-10-23/h14,22-23H,6-13H2,1-3H3/b20-16+. The summed E-state index contributed by atoms with van der Waals surface area (Å²) in [6, 6.07) is 0. The van der Waals surface area contributed by atoms with E-state index >= 15 is 0 Å². The normalized spacial score (nSPS) is 17.3. The molecule has 1 aliphatic carbocycles. The van der Waals surface area contributed by atoms with Gasteiger partial charge in [-0.3, -0.25) is 4.90 Å². The monoisotopic (exact) mass is 348 g/mol. The molecule has 6 nitrogen and oxygen atoms in total. The van der Waals surface area contributed by atoms with Gasteiger partial charge in [-0.05, 0) is 24.3 Å². The number of nitrogens with zero attached hydrogens (tertiary/aromatic N) is 2. The van der Waals surface area contributed by atoms with Crippen LogP contribution in [-0.4, -0.2) is 60.3 Å². The van der Waals surface area contributed by atoms with Crippen LogP contribution in [0.4, 0.5) is 0 Å². The topological polar surface area (TPSA) is 78.4 Å². The van der Waals surface area contributed by atoms with E-state index in [0.29, 0.717) is 19.6 Å². The first-order chi connectivity index (χ1) is 12.0. The van der Waals surface area contributed by atoms with Gasteiger partial charge in [0.25, 0.3) is 0 Å². The molecule has 0 fully saturated rings. The van der Waals surface area contributed by atoms with Crippen molar-refractivity contribution in [3.05, 3.63) is 23.2 Å². The summed E-state index contributed by atoms with van der Waals surface area (Å²) >= 11 is 0. The smallest absolute Gasteiger partial charge is 0.177 e. The predicted molar refractivity (Wildman–Crippen MR) is 96.4 cm³/mol. The molecule has 6 heteroatoms. The van der Waals surface area contributed by atoms with Crippen molar-refractivity contribution in [3.8, 4) is 11.8 Å². The van der Waals surface area contributed by atoms with Crippen molar-refractivity contribution in [2.45, 2.75) is 33.6 Å². The molecule has 2 N–H and O–H groups in total. The number of hydrogen-bond acceptors (Lipinski definition) is 6. The average Bonchev–Trinajstić information content (AvgIpc) is 2.90. The SMILES string of the molecule is Cc1coc2c1/C(=N/OCC#CCN(CCO)CCO)CC(C)(C)C2. The zero-order valence-corrected chi connectivity index (χ0v) is 15.3. The summed E-state index contributed by atoms with van der Waals surface area (Å²) in [4.78, 5) is 7.28. The summed E-state index contributed by atoms with van der Waals surface area (Å²) in [5.41, 5.74) is 3.17. The Morgan fingerprint density at radius 3 is 2.64 bits per heavy atom. The fourth-order valence-corrected chi connectivity index (χ4v) is 3.05. The zero-order valence-electron chi connectivity index (χ0n) is 15.3. The summed E-state index contributed by atoms with van der Waals surface area (Å²) in [6.07, 6.45) is 3.52. The first-order valence-corrected chi connectivity index (χ1v) is 8.63. The number of hydrogen-bond donors (Lipinski definition) is 2. The van der Waals surface area contributed by atoms with Gasteiger partial charge in [0.1, 0.15) is 5.76 Å². The van der Waals surface area contributed by atoms with E-state index in [1.165, 1.54) is 0 Å². The largest absolute Gasteiger partial charge is 0.468 e. The third-order valence-corrected chi connectivity index (χ3v) is 4.20. The highest BCUT2D eigenvalue weighted by molar-refractivity contribution is 6.03. The third-order valence-electron chi connectivity index (χ3n) is 4.20. The Morgan fingerprint density at radius 2 is 1.96 bits per heavy atom. The lowest BCUT2D eigenvalue weighted by Crippen LogP contribution is -2.30. The minimum absolute atomic E-state index is 0.0496. The highest BCUT2D eigenvalue weighted by Gasteiger charge is 2.33. The molecule has 0 spiro atoms. The highest BCUT2D eigenvalue weighted by Crippen LogP contribution is 2.37. The minimum atomic E-state index is 0.0496. The van der Waals surface area contributed by atoms with E-state index in [1.54, 1.807) is 6.26 Å². The van der Waals surface area contributed by atoms with Crippen molar-refractivity contribution in [2.24, 2.45) is 10.6 Å². The van der Waals surface area contributed by atoms with Crippen LogP contribution < -0.4 is 0 Å². The maximum Gasteiger partial charge on any atom is 0.177 e. The van der Waals surface area contributed by atoms with E-state index in [-0.39, 0.29) is 25.2 Å². The van der Waals surface area contributed by atoms with Crippen LogP contribution in [0.5, 0.6) is 0 Å². The maximum absolute atomic E-state index is 8.95. The molecular weight excluding hydrogens is 320 g/mol. The van der Waals surface area contributed by atoms with E-state index in [1.807, 2.05) is 11.8 Å². The number of furan rings is 1. The molecule has 0 radical (unpaired) electrons. The Hall–Kier alpha value is -1.81. The molecule has 0 saturated heterocycles. The van der Waals surface area contributed by atoms with Gasteiger partial charge >= 0.3 is 0 Å². The van der Waals surface area contributed by atoms with Crippen LogP contribution in [-0.2, 0) is 11.3 Å². The fraction of sp³-hybridized carbons (Fsp3) is 0.632. The van der Waals surface area contributed by atoms with Crippen LogP contribution >= 0.6 is 0 Å². The van der Waals surface area contributed by atoms with Crippen LogP contribution in [0, 0.1) is 24.2 Å². The van der Waals surface area contributed by atoms with Crippen molar-refractivity contribution in [1.82, 2.24) is 4.90 Å². The number of oxime groups is 1. The van der Waals surface area contributed by atoms with Gasteiger partial charge in [-0.25, -0.2) is 0 Å². The predicted octanol–water partition coefficient (Wildman–Crippen LogP) is 1.57. The molecule has 0 unspecified atom stereocenters. The van der Waals surface area contributed by atoms with Crippen LogP contribution in [0.1, 0.15) is 37.2 Å². The second-order valence-electron chi connectivity index (χ2n) is 7.12. The third kappa shape index (κ3) is 5.60. The van der Waals surface area contributed by atoms with Crippen molar-refractivity contribution in [3.63, 3.8) is 0 Å². The Kier molecular flexibility index (Phi) is 7.06. The van der Waals surface area contributed by atoms with Crippen LogP contribution in [0.25, 0.3) is 0 Å². The summed E-state index contributed by atoms with van der Waals surface area (Å²) in [5, 5.41) is 22.2. The summed E-state index contributed by atoms with van der Waals surface area (Å²) < 4.78 is 5.66. The molecule has 1 aromatic heterocycles. The molecule has 0 saturated carbocycles. The Balaban J connectivity index is 1.92. The van der Waals surface area contributed by atoms with Gasteiger partial charge < -0.3 is 19.5 Å². The van der Waals surface area contributed by atoms with Gasteiger partial charge in [-0.2, -0.15) is 0 Å². The number of rotatable bonds is 7. The Morgan fingerprint density at radius 1 is 1.24 bits per heavy atom. The molecule has 1 heterocycles. The van der Waals surface area contributed by atoms with Crippen molar-refractivity contribution < 1.29 is 19.5 Å². The van der Waals surface area contributed by atoms with Gasteiger partial charge in [0, 0.05) is 25.1 Å². The summed E-state index contributed by atoms with van der Waals surface area (Å²) in [6.45, 7) is 8.20. The second-order valence-corrected chi connectivity index (χ2v) is 7.12. The Labute approximate surface area is 149 Å². The minimum Gasteiger partial charge on any atom is -0.468 e. The molecule has 0 atom stereocenters. The van der Waals surface area contributed by atoms with E-state index in [2.05, 4.69) is 30.8 Å². The lowest BCUT2D eigenvalue weighted by Gasteiger charge is -2.29. The molecule has 0 aliphatic heterocycles. The number of fused-ring (bicyclic) bond motifs is 1. The molecule has 0 amide bonds. The fourth-order valence-electron chi connectivity index (χ4n) is 3.05. The van der Waals surface area contributed by atoms with Crippen molar-refractivity contribution in [1.29, 1.82) is 0 Å².